The average Bonchev–Trinajstić information content (AvgIpc) is 3.17. The van der Waals surface area contributed by atoms with Crippen LogP contribution in [0.2, 0.25) is 5.02 Å². The molecule has 9 heteroatoms. The molecule has 8 nitrogen and oxygen atoms in total. The molecule has 0 unspecified atom stereocenters. The SMILES string of the molecule is CCOc1cc(/C=C(\C#N)C(=O)NC[C@@H]2CCCO2)cc(Cl)c1OCC(=O)[O-]. The number of nitriles is 1. The van der Waals surface area contributed by atoms with E-state index in [0.717, 1.165) is 12.8 Å². The molecule has 0 bridgehead atoms. The van der Waals surface area contributed by atoms with E-state index < -0.39 is 18.5 Å². The number of carbonyl (C=O) groups excluding carboxylic acids is 2. The summed E-state index contributed by atoms with van der Waals surface area (Å²) in [5, 5.41) is 22.7. The van der Waals surface area contributed by atoms with Crippen LogP contribution in [0.1, 0.15) is 25.3 Å². The van der Waals surface area contributed by atoms with Crippen molar-refractivity contribution in [3.05, 3.63) is 28.3 Å². The lowest BCUT2D eigenvalue weighted by Gasteiger charge is -2.15. The first-order valence-electron chi connectivity index (χ1n) is 8.75. The van der Waals surface area contributed by atoms with Gasteiger partial charge in [-0.15, -0.1) is 0 Å². The Bertz CT molecular complexity index is 796. The Labute approximate surface area is 167 Å². The van der Waals surface area contributed by atoms with Crippen LogP contribution >= 0.6 is 11.6 Å². The number of hydrogen-bond acceptors (Lipinski definition) is 7. The van der Waals surface area contributed by atoms with Crippen molar-refractivity contribution in [1.82, 2.24) is 5.32 Å². The van der Waals surface area contributed by atoms with Gasteiger partial charge < -0.3 is 29.4 Å². The van der Waals surface area contributed by atoms with E-state index in [0.29, 0.717) is 18.7 Å². The Kier molecular flexibility index (Phi) is 8.11. The van der Waals surface area contributed by atoms with E-state index in [1.165, 1.54) is 18.2 Å². The molecule has 1 atom stereocenters. The van der Waals surface area contributed by atoms with Crippen molar-refractivity contribution in [2.45, 2.75) is 25.9 Å². The van der Waals surface area contributed by atoms with Crippen molar-refractivity contribution in [3.63, 3.8) is 0 Å². The summed E-state index contributed by atoms with van der Waals surface area (Å²) >= 11 is 6.16. The van der Waals surface area contributed by atoms with Crippen LogP contribution in [-0.2, 0) is 14.3 Å². The maximum Gasteiger partial charge on any atom is 0.262 e. The summed E-state index contributed by atoms with van der Waals surface area (Å²) in [6, 6.07) is 4.81. The molecule has 1 saturated heterocycles. The molecule has 0 radical (unpaired) electrons. The van der Waals surface area contributed by atoms with Gasteiger partial charge >= 0.3 is 0 Å². The highest BCUT2D eigenvalue weighted by atomic mass is 35.5. The molecule has 1 N–H and O–H groups in total. The zero-order valence-corrected chi connectivity index (χ0v) is 16.1. The second kappa shape index (κ2) is 10.5. The number of carboxylic acid groups (broad SMARTS) is 1. The lowest BCUT2D eigenvalue weighted by atomic mass is 10.1. The standard InChI is InChI=1S/C19H21ClN2O6/c1-2-26-16-8-12(7-15(20)18(16)28-11-17(23)24)6-13(9-21)19(25)22-10-14-4-3-5-27-14/h6-8,14H,2-5,10-11H2,1H3,(H,22,25)(H,23,24)/p-1/b13-6+/t14-/m0/s1. The van der Waals surface area contributed by atoms with E-state index in [1.807, 2.05) is 6.07 Å². The summed E-state index contributed by atoms with van der Waals surface area (Å²) in [5.74, 6) is -1.69. The number of benzene rings is 1. The molecule has 2 rings (SSSR count). The molecule has 0 saturated carbocycles. The minimum Gasteiger partial charge on any atom is -0.546 e. The zero-order valence-electron chi connectivity index (χ0n) is 15.3. The van der Waals surface area contributed by atoms with Crippen molar-refractivity contribution < 1.29 is 28.9 Å². The first-order valence-corrected chi connectivity index (χ1v) is 9.13. The summed E-state index contributed by atoms with van der Waals surface area (Å²) < 4.78 is 16.0. The van der Waals surface area contributed by atoms with Crippen molar-refractivity contribution in [1.29, 1.82) is 5.26 Å². The van der Waals surface area contributed by atoms with Gasteiger partial charge in [0.1, 0.15) is 18.2 Å². The quantitative estimate of drug-likeness (QED) is 0.480. The Morgan fingerprint density at radius 1 is 1.46 bits per heavy atom. The van der Waals surface area contributed by atoms with Gasteiger partial charge in [0.25, 0.3) is 5.91 Å². The third kappa shape index (κ3) is 6.15. The smallest absolute Gasteiger partial charge is 0.262 e. The molecule has 0 spiro atoms. The molecule has 150 valence electrons. The van der Waals surface area contributed by atoms with Gasteiger partial charge in [-0.05, 0) is 43.5 Å². The summed E-state index contributed by atoms with van der Waals surface area (Å²) in [6.45, 7) is 2.33. The van der Waals surface area contributed by atoms with E-state index >= 15 is 0 Å². The van der Waals surface area contributed by atoms with Crippen LogP contribution < -0.4 is 19.9 Å². The van der Waals surface area contributed by atoms with Crippen molar-refractivity contribution in [2.75, 3.05) is 26.4 Å². The first-order chi connectivity index (χ1) is 13.4. The number of rotatable bonds is 9. The largest absolute Gasteiger partial charge is 0.546 e. The van der Waals surface area contributed by atoms with E-state index in [2.05, 4.69) is 5.32 Å². The number of nitrogens with zero attached hydrogens (tertiary/aromatic N) is 1. The average molecular weight is 408 g/mol. The molecule has 1 aromatic rings. The fourth-order valence-electron chi connectivity index (χ4n) is 2.63. The highest BCUT2D eigenvalue weighted by Gasteiger charge is 2.18. The molecule has 0 aliphatic carbocycles. The number of hydrogen-bond donors (Lipinski definition) is 1. The maximum atomic E-state index is 12.3. The Morgan fingerprint density at radius 2 is 2.25 bits per heavy atom. The van der Waals surface area contributed by atoms with E-state index in [-0.39, 0.29) is 34.8 Å². The van der Waals surface area contributed by atoms with Crippen LogP contribution in [0.25, 0.3) is 6.08 Å². The fraction of sp³-hybridized carbons (Fsp3) is 0.421. The highest BCUT2D eigenvalue weighted by Crippen LogP contribution is 2.37. The van der Waals surface area contributed by atoms with Crippen LogP contribution in [0.15, 0.2) is 17.7 Å². The van der Waals surface area contributed by atoms with Crippen LogP contribution in [0.3, 0.4) is 0 Å². The lowest BCUT2D eigenvalue weighted by molar-refractivity contribution is -0.307. The van der Waals surface area contributed by atoms with Gasteiger partial charge in [-0.25, -0.2) is 0 Å². The third-order valence-corrected chi connectivity index (χ3v) is 4.14. The van der Waals surface area contributed by atoms with E-state index in [4.69, 9.17) is 25.8 Å². The van der Waals surface area contributed by atoms with Gasteiger partial charge in [0, 0.05) is 13.2 Å². The number of carboxylic acids is 1. The number of amides is 1. The van der Waals surface area contributed by atoms with Gasteiger partial charge in [-0.2, -0.15) is 5.26 Å². The molecular formula is C19H20ClN2O6-. The molecule has 1 aliphatic rings. The topological polar surface area (TPSA) is 121 Å². The van der Waals surface area contributed by atoms with E-state index in [1.54, 1.807) is 6.92 Å². The molecule has 1 amide bonds. The Morgan fingerprint density at radius 3 is 2.86 bits per heavy atom. The summed E-state index contributed by atoms with van der Waals surface area (Å²) in [4.78, 5) is 22.9. The number of carbonyl (C=O) groups is 2. The molecule has 1 heterocycles. The lowest BCUT2D eigenvalue weighted by Crippen LogP contribution is -2.32. The van der Waals surface area contributed by atoms with Crippen LogP contribution in [-0.4, -0.2) is 44.3 Å². The third-order valence-electron chi connectivity index (χ3n) is 3.86. The second-order valence-corrected chi connectivity index (χ2v) is 6.35. The van der Waals surface area contributed by atoms with Crippen LogP contribution in [0.4, 0.5) is 0 Å². The Balaban J connectivity index is 2.19. The van der Waals surface area contributed by atoms with Gasteiger partial charge in [-0.1, -0.05) is 11.6 Å². The van der Waals surface area contributed by atoms with Gasteiger partial charge in [0.15, 0.2) is 11.5 Å². The van der Waals surface area contributed by atoms with Crippen molar-refractivity contribution in [3.8, 4) is 17.6 Å². The van der Waals surface area contributed by atoms with Gasteiger partial charge in [0.2, 0.25) is 0 Å². The molecule has 28 heavy (non-hydrogen) atoms. The summed E-state index contributed by atoms with van der Waals surface area (Å²) in [6.07, 6.45) is 3.14. The molecule has 1 aromatic carbocycles. The van der Waals surface area contributed by atoms with Gasteiger partial charge in [0.05, 0.1) is 23.7 Å². The van der Waals surface area contributed by atoms with Crippen molar-refractivity contribution in [2.24, 2.45) is 0 Å². The van der Waals surface area contributed by atoms with Crippen molar-refractivity contribution >= 4 is 29.6 Å². The number of nitrogens with one attached hydrogen (secondary N) is 1. The normalized spacial score (nSPS) is 16.3. The zero-order chi connectivity index (χ0) is 20.5. The van der Waals surface area contributed by atoms with Gasteiger partial charge in [-0.3, -0.25) is 4.79 Å². The first kappa shape index (κ1) is 21.5. The number of aliphatic carboxylic acids is 1. The summed E-state index contributed by atoms with van der Waals surface area (Å²) in [7, 11) is 0. The fourth-order valence-corrected chi connectivity index (χ4v) is 2.90. The van der Waals surface area contributed by atoms with E-state index in [9.17, 15) is 20.0 Å². The highest BCUT2D eigenvalue weighted by molar-refractivity contribution is 6.32. The predicted molar refractivity (Wildman–Crippen MR) is 98.7 cm³/mol. The summed E-state index contributed by atoms with van der Waals surface area (Å²) in [5.41, 5.74) is 0.318. The molecule has 0 aromatic heterocycles. The minimum absolute atomic E-state index is 0.0388. The molecule has 1 fully saturated rings. The monoisotopic (exact) mass is 407 g/mol. The predicted octanol–water partition coefficient (Wildman–Crippen LogP) is 1.07. The van der Waals surface area contributed by atoms with Crippen LogP contribution in [0.5, 0.6) is 11.5 Å². The number of ether oxygens (including phenoxy) is 3. The second-order valence-electron chi connectivity index (χ2n) is 5.94. The maximum absolute atomic E-state index is 12.3. The molecule has 1 aliphatic heterocycles. The minimum atomic E-state index is -1.41. The molecular weight excluding hydrogens is 388 g/mol. The number of halogens is 1. The van der Waals surface area contributed by atoms with Crippen LogP contribution in [0, 0.1) is 11.3 Å². The Hall–Kier alpha value is -2.76.